The van der Waals surface area contributed by atoms with E-state index in [1.165, 1.54) is 11.3 Å². The summed E-state index contributed by atoms with van der Waals surface area (Å²) < 4.78 is 1.97. The maximum atomic E-state index is 13.1. The number of pyridine rings is 1. The van der Waals surface area contributed by atoms with Crippen molar-refractivity contribution in [3.63, 3.8) is 0 Å². The SMILES string of the molecule is NC(=O)c1cc2cc(Cl)ccc2n1[C@@H]1CCCC[C@H]1NC(=O)c1ncc(-c2ccccn2)s1. The minimum absolute atomic E-state index is 0.0981. The van der Waals surface area contributed by atoms with Crippen molar-refractivity contribution in [3.05, 3.63) is 70.6 Å². The standard InChI is InChI=1S/C24H22ClN5O2S/c25-15-8-9-18-14(11-15)12-20(22(26)31)30(18)19-7-2-1-5-16(19)29-23(32)24-28-13-21(33-24)17-6-3-4-10-27-17/h3-4,6,8-13,16,19H,1-2,5,7H2,(H2,26,31)(H,29,32)/t16-,19-/m1/s1. The Morgan fingerprint density at radius 3 is 2.76 bits per heavy atom. The second kappa shape index (κ2) is 8.96. The summed E-state index contributed by atoms with van der Waals surface area (Å²) in [5.41, 5.74) is 7.81. The highest BCUT2D eigenvalue weighted by Gasteiger charge is 2.32. The number of nitrogens with zero attached hydrogens (tertiary/aromatic N) is 3. The number of nitrogens with one attached hydrogen (secondary N) is 1. The summed E-state index contributed by atoms with van der Waals surface area (Å²) >= 11 is 7.48. The van der Waals surface area contributed by atoms with Gasteiger partial charge in [0.1, 0.15) is 5.69 Å². The first-order chi connectivity index (χ1) is 16.0. The summed E-state index contributed by atoms with van der Waals surface area (Å²) in [6, 6.07) is 12.7. The minimum atomic E-state index is -0.502. The third-order valence-corrected chi connectivity index (χ3v) is 7.30. The number of benzene rings is 1. The van der Waals surface area contributed by atoms with E-state index in [0.717, 1.165) is 47.2 Å². The molecule has 5 rings (SSSR count). The first kappa shape index (κ1) is 21.6. The van der Waals surface area contributed by atoms with Crippen molar-refractivity contribution in [1.29, 1.82) is 0 Å². The Bertz CT molecular complexity index is 1330. The number of carbonyl (C=O) groups excluding carboxylic acids is 2. The van der Waals surface area contributed by atoms with Crippen molar-refractivity contribution in [2.75, 3.05) is 0 Å². The van der Waals surface area contributed by atoms with Crippen molar-refractivity contribution in [3.8, 4) is 10.6 Å². The minimum Gasteiger partial charge on any atom is -0.364 e. The molecule has 7 nitrogen and oxygen atoms in total. The summed E-state index contributed by atoms with van der Waals surface area (Å²) in [4.78, 5) is 34.9. The maximum absolute atomic E-state index is 13.1. The molecule has 3 aromatic heterocycles. The van der Waals surface area contributed by atoms with Crippen LogP contribution in [0.4, 0.5) is 0 Å². The zero-order valence-corrected chi connectivity index (χ0v) is 19.3. The average Bonchev–Trinajstić information content (AvgIpc) is 3.45. The number of halogens is 1. The highest BCUT2D eigenvalue weighted by molar-refractivity contribution is 7.16. The molecule has 3 N–H and O–H groups in total. The van der Waals surface area contributed by atoms with Crippen LogP contribution in [0.2, 0.25) is 5.02 Å². The average molecular weight is 480 g/mol. The lowest BCUT2D eigenvalue weighted by atomic mass is 9.89. The van der Waals surface area contributed by atoms with Gasteiger partial charge in [-0.05, 0) is 49.2 Å². The Balaban J connectivity index is 1.45. The summed E-state index contributed by atoms with van der Waals surface area (Å²) in [6.45, 7) is 0. The molecule has 0 aliphatic heterocycles. The van der Waals surface area contributed by atoms with Gasteiger partial charge in [0.05, 0.1) is 16.6 Å². The number of primary amides is 1. The van der Waals surface area contributed by atoms with Crippen LogP contribution in [0, 0.1) is 0 Å². The third kappa shape index (κ3) is 4.24. The van der Waals surface area contributed by atoms with Gasteiger partial charge in [0, 0.05) is 34.4 Å². The van der Waals surface area contributed by atoms with Gasteiger partial charge >= 0.3 is 0 Å². The molecule has 168 valence electrons. The highest BCUT2D eigenvalue weighted by atomic mass is 35.5. The van der Waals surface area contributed by atoms with Crippen molar-refractivity contribution in [2.24, 2.45) is 5.73 Å². The zero-order valence-electron chi connectivity index (χ0n) is 17.7. The van der Waals surface area contributed by atoms with Crippen LogP contribution >= 0.6 is 22.9 Å². The van der Waals surface area contributed by atoms with Gasteiger partial charge in [0.2, 0.25) is 0 Å². The lowest BCUT2D eigenvalue weighted by Gasteiger charge is -2.34. The highest BCUT2D eigenvalue weighted by Crippen LogP contribution is 2.35. The van der Waals surface area contributed by atoms with Crippen LogP contribution in [0.3, 0.4) is 0 Å². The normalized spacial score (nSPS) is 18.3. The number of rotatable bonds is 5. The van der Waals surface area contributed by atoms with Gasteiger partial charge in [-0.15, -0.1) is 11.3 Å². The Morgan fingerprint density at radius 1 is 1.12 bits per heavy atom. The van der Waals surface area contributed by atoms with Crippen LogP contribution < -0.4 is 11.1 Å². The molecular formula is C24H22ClN5O2S. The summed E-state index contributed by atoms with van der Waals surface area (Å²) in [5, 5.41) is 5.01. The molecule has 33 heavy (non-hydrogen) atoms. The lowest BCUT2D eigenvalue weighted by Crippen LogP contribution is -2.43. The van der Waals surface area contributed by atoms with Gasteiger partial charge in [0.25, 0.3) is 11.8 Å². The first-order valence-corrected chi connectivity index (χ1v) is 12.0. The van der Waals surface area contributed by atoms with Crippen molar-refractivity contribution in [1.82, 2.24) is 19.9 Å². The molecule has 1 saturated carbocycles. The largest absolute Gasteiger partial charge is 0.364 e. The zero-order chi connectivity index (χ0) is 22.9. The van der Waals surface area contributed by atoms with Crippen LogP contribution in [-0.2, 0) is 0 Å². The van der Waals surface area contributed by atoms with Crippen LogP contribution in [0.5, 0.6) is 0 Å². The number of fused-ring (bicyclic) bond motifs is 1. The molecule has 0 unspecified atom stereocenters. The fraction of sp³-hybridized carbons (Fsp3) is 0.250. The van der Waals surface area contributed by atoms with Crippen LogP contribution in [0.15, 0.2) is 54.9 Å². The van der Waals surface area contributed by atoms with Gasteiger partial charge in [-0.25, -0.2) is 4.98 Å². The van der Waals surface area contributed by atoms with E-state index < -0.39 is 5.91 Å². The van der Waals surface area contributed by atoms with Crippen LogP contribution in [-0.4, -0.2) is 32.4 Å². The Labute approximate surface area is 199 Å². The van der Waals surface area contributed by atoms with Gasteiger partial charge in [-0.2, -0.15) is 0 Å². The predicted molar refractivity (Wildman–Crippen MR) is 130 cm³/mol. The molecule has 4 aromatic rings. The quantitative estimate of drug-likeness (QED) is 0.428. The topological polar surface area (TPSA) is 103 Å². The van der Waals surface area contributed by atoms with Crippen molar-refractivity contribution in [2.45, 2.75) is 37.8 Å². The summed E-state index contributed by atoms with van der Waals surface area (Å²) in [6.07, 6.45) is 7.02. The molecule has 2 atom stereocenters. The van der Waals surface area contributed by atoms with Crippen LogP contribution in [0.1, 0.15) is 52.0 Å². The Morgan fingerprint density at radius 2 is 1.97 bits per heavy atom. The lowest BCUT2D eigenvalue weighted by molar-refractivity contribution is 0.0907. The fourth-order valence-corrected chi connectivity index (χ4v) is 5.56. The Hall–Kier alpha value is -3.23. The fourth-order valence-electron chi connectivity index (χ4n) is 4.58. The molecule has 3 heterocycles. The molecule has 0 bridgehead atoms. The molecule has 1 fully saturated rings. The smallest absolute Gasteiger partial charge is 0.280 e. The van der Waals surface area contributed by atoms with E-state index in [4.69, 9.17) is 17.3 Å². The van der Waals surface area contributed by atoms with E-state index in [-0.39, 0.29) is 18.0 Å². The second-order valence-corrected chi connectivity index (χ2v) is 9.61. The number of aromatic nitrogens is 3. The molecular weight excluding hydrogens is 458 g/mol. The molecule has 1 aliphatic rings. The molecule has 1 aliphatic carbocycles. The number of amides is 2. The third-order valence-electron chi connectivity index (χ3n) is 6.05. The summed E-state index contributed by atoms with van der Waals surface area (Å²) in [5.74, 6) is -0.725. The number of thiazole rings is 1. The molecule has 1 aromatic carbocycles. The molecule has 0 saturated heterocycles. The van der Waals surface area contributed by atoms with E-state index in [1.54, 1.807) is 24.5 Å². The number of nitrogens with two attached hydrogens (primary N) is 1. The molecule has 9 heteroatoms. The number of carbonyl (C=O) groups is 2. The molecule has 0 spiro atoms. The van der Waals surface area contributed by atoms with Crippen molar-refractivity contribution >= 4 is 45.7 Å². The summed E-state index contributed by atoms with van der Waals surface area (Å²) in [7, 11) is 0. The van der Waals surface area contributed by atoms with E-state index in [9.17, 15) is 9.59 Å². The first-order valence-electron chi connectivity index (χ1n) is 10.8. The monoisotopic (exact) mass is 479 g/mol. The van der Waals surface area contributed by atoms with Gasteiger partial charge in [0.15, 0.2) is 5.01 Å². The van der Waals surface area contributed by atoms with Crippen LogP contribution in [0.25, 0.3) is 21.5 Å². The van der Waals surface area contributed by atoms with Crippen molar-refractivity contribution < 1.29 is 9.59 Å². The van der Waals surface area contributed by atoms with Gasteiger partial charge in [-0.1, -0.05) is 30.5 Å². The Kier molecular flexibility index (Phi) is 5.86. The molecule has 0 radical (unpaired) electrons. The number of hydrogen-bond donors (Lipinski definition) is 2. The second-order valence-electron chi connectivity index (χ2n) is 8.14. The maximum Gasteiger partial charge on any atom is 0.280 e. The van der Waals surface area contributed by atoms with Gasteiger partial charge < -0.3 is 15.6 Å². The molecule has 2 amide bonds. The van der Waals surface area contributed by atoms with E-state index in [1.807, 2.05) is 34.9 Å². The van der Waals surface area contributed by atoms with E-state index >= 15 is 0 Å². The van der Waals surface area contributed by atoms with E-state index in [0.29, 0.717) is 15.7 Å². The van der Waals surface area contributed by atoms with Gasteiger partial charge in [-0.3, -0.25) is 14.6 Å². The predicted octanol–water partition coefficient (Wildman–Crippen LogP) is 4.83. The number of hydrogen-bond acceptors (Lipinski definition) is 5. The van der Waals surface area contributed by atoms with E-state index in [2.05, 4.69) is 15.3 Å².